The highest BCUT2D eigenvalue weighted by Crippen LogP contribution is 2.45. The number of benzene rings is 5. The van der Waals surface area contributed by atoms with E-state index >= 15 is 0 Å². The molecule has 1 aliphatic carbocycles. The van der Waals surface area contributed by atoms with E-state index in [0.29, 0.717) is 22.7 Å². The van der Waals surface area contributed by atoms with E-state index < -0.39 is 18.0 Å². The third-order valence-corrected chi connectivity index (χ3v) is 10.7. The molecule has 2 aromatic heterocycles. The van der Waals surface area contributed by atoms with Gasteiger partial charge in [-0.05, 0) is 57.6 Å². The minimum atomic E-state index is -0.627. The van der Waals surface area contributed by atoms with Gasteiger partial charge in [-0.25, -0.2) is 19.7 Å². The van der Waals surface area contributed by atoms with Gasteiger partial charge in [0, 0.05) is 24.7 Å². The Bertz CT molecular complexity index is 2520. The number of esters is 1. The van der Waals surface area contributed by atoms with Crippen LogP contribution in [-0.2, 0) is 25.6 Å². The normalized spacial score (nSPS) is 11.8. The minimum Gasteiger partial charge on any atom is -0.497 e. The highest BCUT2D eigenvalue weighted by molar-refractivity contribution is 5.89. The van der Waals surface area contributed by atoms with E-state index in [9.17, 15) is 14.4 Å². The molecule has 0 atom stereocenters. The summed E-state index contributed by atoms with van der Waals surface area (Å²) in [4.78, 5) is 57.0. The Balaban J connectivity index is 1.01. The molecule has 302 valence electrons. The van der Waals surface area contributed by atoms with Gasteiger partial charge >= 0.3 is 12.1 Å². The first-order valence-corrected chi connectivity index (χ1v) is 19.6. The maximum Gasteiger partial charge on any atom is 0.407 e. The first-order valence-electron chi connectivity index (χ1n) is 19.6. The quantitative estimate of drug-likeness (QED) is 0.105. The summed E-state index contributed by atoms with van der Waals surface area (Å²) in [6.07, 6.45) is 2.37. The maximum absolute atomic E-state index is 14.0. The van der Waals surface area contributed by atoms with Gasteiger partial charge in [-0.1, -0.05) is 109 Å². The fraction of sp³-hybridized carbons (Fsp3) is 0.191. The molecule has 2 amide bonds. The van der Waals surface area contributed by atoms with Crippen LogP contribution in [0.15, 0.2) is 146 Å². The van der Waals surface area contributed by atoms with Gasteiger partial charge in [-0.15, -0.1) is 0 Å². The van der Waals surface area contributed by atoms with E-state index in [2.05, 4.69) is 63.7 Å². The zero-order valence-corrected chi connectivity index (χ0v) is 33.2. The molecule has 1 N–H and O–H groups in total. The summed E-state index contributed by atoms with van der Waals surface area (Å²) in [5, 5.41) is 2.74. The molecular formula is C47H43N7O6. The molecule has 60 heavy (non-hydrogen) atoms. The zero-order valence-electron chi connectivity index (χ0n) is 33.2. The van der Waals surface area contributed by atoms with Gasteiger partial charge in [-0.3, -0.25) is 9.59 Å². The number of fused-ring (bicyclic) bond motifs is 4. The zero-order chi connectivity index (χ0) is 41.4. The fourth-order valence-electron chi connectivity index (χ4n) is 7.76. The molecular weight excluding hydrogens is 759 g/mol. The highest BCUT2D eigenvalue weighted by Gasteiger charge is 2.31. The summed E-state index contributed by atoms with van der Waals surface area (Å²) in [5.41, 5.74) is 8.22. The smallest absolute Gasteiger partial charge is 0.407 e. The van der Waals surface area contributed by atoms with Crippen LogP contribution in [0, 0.1) is 0 Å². The van der Waals surface area contributed by atoms with Gasteiger partial charge in [0.15, 0.2) is 17.0 Å². The largest absolute Gasteiger partial charge is 0.497 e. The molecule has 13 heteroatoms. The molecule has 7 aromatic rings. The van der Waals surface area contributed by atoms with Crippen LogP contribution >= 0.6 is 0 Å². The molecule has 0 saturated carbocycles. The van der Waals surface area contributed by atoms with Crippen LogP contribution in [0.2, 0.25) is 0 Å². The van der Waals surface area contributed by atoms with E-state index in [1.807, 2.05) is 84.9 Å². The average Bonchev–Trinajstić information content (AvgIpc) is 3.86. The van der Waals surface area contributed by atoms with Crippen molar-refractivity contribution in [3.05, 3.63) is 168 Å². The summed E-state index contributed by atoms with van der Waals surface area (Å²) in [6, 6.07) is 43.8. The number of alkyl carbamates (subject to hydrolysis) is 1. The number of hydrogen-bond acceptors (Lipinski definition) is 10. The third kappa shape index (κ3) is 8.23. The molecule has 0 radical (unpaired) electrons. The number of rotatable bonds is 15. The predicted octanol–water partition coefficient (Wildman–Crippen LogP) is 7.30. The first kappa shape index (κ1) is 39.3. The number of carbonyl (C=O) groups is 3. The number of imidazole rings is 1. The van der Waals surface area contributed by atoms with Gasteiger partial charge in [-0.2, -0.15) is 0 Å². The Hall–Kier alpha value is -7.54. The van der Waals surface area contributed by atoms with Crippen LogP contribution in [0.25, 0.3) is 22.3 Å². The van der Waals surface area contributed by atoms with E-state index in [1.54, 1.807) is 11.7 Å². The molecule has 0 saturated heterocycles. The molecule has 13 nitrogen and oxygen atoms in total. The number of methoxy groups -OCH3 is 2. The molecule has 0 unspecified atom stereocenters. The molecule has 0 aliphatic heterocycles. The Morgan fingerprint density at radius 1 is 0.750 bits per heavy atom. The van der Waals surface area contributed by atoms with Crippen molar-refractivity contribution in [2.45, 2.75) is 18.5 Å². The van der Waals surface area contributed by atoms with E-state index in [4.69, 9.17) is 24.2 Å². The van der Waals surface area contributed by atoms with E-state index in [-0.39, 0.29) is 44.7 Å². The summed E-state index contributed by atoms with van der Waals surface area (Å²) in [6.45, 7) is -0.316. The SMILES string of the molecule is COC(=O)CN(CCNC(=O)OCC1c2ccccc2-c2ccccc21)C(=O)Cn1cnc2c(N(c3ccc(OC)cc3)C(c3ccccc3)c3ccccc3)ncnc21. The second kappa shape index (κ2) is 17.9. The number of anilines is 2. The Labute approximate surface area is 347 Å². The van der Waals surface area contributed by atoms with Crippen LogP contribution in [0.1, 0.15) is 34.2 Å². The molecule has 0 fully saturated rings. The molecule has 0 spiro atoms. The average molecular weight is 802 g/mol. The van der Waals surface area contributed by atoms with Gasteiger partial charge in [0.25, 0.3) is 0 Å². The van der Waals surface area contributed by atoms with Gasteiger partial charge in [0.2, 0.25) is 5.91 Å². The molecule has 8 rings (SSSR count). The van der Waals surface area contributed by atoms with Crippen LogP contribution in [0.3, 0.4) is 0 Å². The lowest BCUT2D eigenvalue weighted by Gasteiger charge is -2.34. The van der Waals surface area contributed by atoms with Crippen molar-refractivity contribution < 1.29 is 28.6 Å². The minimum absolute atomic E-state index is 0.0199. The van der Waals surface area contributed by atoms with Crippen LogP contribution < -0.4 is 15.0 Å². The molecule has 2 heterocycles. The summed E-state index contributed by atoms with van der Waals surface area (Å²) in [5.74, 6) is 0.115. The van der Waals surface area contributed by atoms with Crippen molar-refractivity contribution in [3.63, 3.8) is 0 Å². The Morgan fingerprint density at radius 2 is 1.37 bits per heavy atom. The summed E-state index contributed by atoms with van der Waals surface area (Å²) in [7, 11) is 2.88. The van der Waals surface area contributed by atoms with Gasteiger partial charge in [0.05, 0.1) is 26.6 Å². The summed E-state index contributed by atoms with van der Waals surface area (Å²) >= 11 is 0. The lowest BCUT2D eigenvalue weighted by molar-refractivity contribution is -0.147. The maximum atomic E-state index is 14.0. The second-order valence-corrected chi connectivity index (χ2v) is 14.2. The molecule has 0 bridgehead atoms. The van der Waals surface area contributed by atoms with Crippen molar-refractivity contribution in [1.82, 2.24) is 29.7 Å². The van der Waals surface area contributed by atoms with Gasteiger partial charge < -0.3 is 33.9 Å². The Kier molecular flexibility index (Phi) is 11.7. The highest BCUT2D eigenvalue weighted by atomic mass is 16.5. The topological polar surface area (TPSA) is 141 Å². The van der Waals surface area contributed by atoms with Crippen LogP contribution in [0.4, 0.5) is 16.3 Å². The van der Waals surface area contributed by atoms with Crippen molar-refractivity contribution in [1.29, 1.82) is 0 Å². The molecule has 5 aromatic carbocycles. The van der Waals surface area contributed by atoms with Gasteiger partial charge in [0.1, 0.15) is 31.8 Å². The third-order valence-electron chi connectivity index (χ3n) is 10.7. The lowest BCUT2D eigenvalue weighted by atomic mass is 9.96. The van der Waals surface area contributed by atoms with Crippen LogP contribution in [-0.4, -0.2) is 82.8 Å². The number of nitrogens with one attached hydrogen (secondary N) is 1. The standard InChI is InChI=1S/C47H43N7O6/c1-58-35-23-21-34(22-24-35)54(44(32-13-5-3-6-14-32)33-15-7-4-8-16-33)46-43-45(49-30-50-46)53(31-51-43)27-41(55)52(28-42(56)59-2)26-25-48-47(57)60-29-40-38-19-11-9-17-36(38)37-18-10-12-20-39(37)40/h3-24,30-31,40,44H,25-29H2,1-2H3,(H,48,57). The van der Waals surface area contributed by atoms with E-state index in [1.165, 1.54) is 24.7 Å². The lowest BCUT2D eigenvalue weighted by Crippen LogP contribution is -2.43. The number of nitrogens with zero attached hydrogens (tertiary/aromatic N) is 6. The predicted molar refractivity (Wildman–Crippen MR) is 227 cm³/mol. The van der Waals surface area contributed by atoms with Crippen molar-refractivity contribution >= 4 is 40.6 Å². The number of carbonyl (C=O) groups excluding carboxylic acids is 3. The van der Waals surface area contributed by atoms with E-state index in [0.717, 1.165) is 39.1 Å². The number of aromatic nitrogens is 4. The summed E-state index contributed by atoms with van der Waals surface area (Å²) < 4.78 is 17.7. The number of ether oxygens (including phenoxy) is 3. The number of hydrogen-bond donors (Lipinski definition) is 1. The van der Waals surface area contributed by atoms with Crippen molar-refractivity contribution in [2.75, 3.05) is 45.4 Å². The second-order valence-electron chi connectivity index (χ2n) is 14.2. The first-order chi connectivity index (χ1) is 29.4. The molecule has 1 aliphatic rings. The Morgan fingerprint density at radius 3 is 1.98 bits per heavy atom. The fourth-order valence-corrected chi connectivity index (χ4v) is 7.76. The van der Waals surface area contributed by atoms with Crippen molar-refractivity contribution in [2.24, 2.45) is 0 Å². The van der Waals surface area contributed by atoms with Crippen molar-refractivity contribution in [3.8, 4) is 16.9 Å². The number of amides is 2. The monoisotopic (exact) mass is 801 g/mol. The van der Waals surface area contributed by atoms with Crippen LogP contribution in [0.5, 0.6) is 5.75 Å².